The minimum absolute atomic E-state index is 0.499. The van der Waals surface area contributed by atoms with Crippen LogP contribution in [0.25, 0.3) is 22.6 Å². The van der Waals surface area contributed by atoms with Crippen molar-refractivity contribution >= 4 is 5.95 Å². The van der Waals surface area contributed by atoms with Gasteiger partial charge < -0.3 is 14.3 Å². The fourth-order valence-electron chi connectivity index (χ4n) is 2.66. The average molecular weight is 347 g/mol. The number of nitrogens with one attached hydrogen (secondary N) is 1. The van der Waals surface area contributed by atoms with Crippen LogP contribution >= 0.6 is 0 Å². The first-order valence-electron chi connectivity index (χ1n) is 8.19. The van der Waals surface area contributed by atoms with Gasteiger partial charge in [-0.25, -0.2) is 9.97 Å². The smallest absolute Gasteiger partial charge is 0.223 e. The predicted molar refractivity (Wildman–Crippen MR) is 96.3 cm³/mol. The van der Waals surface area contributed by atoms with Gasteiger partial charge in [0.2, 0.25) is 5.95 Å². The summed E-state index contributed by atoms with van der Waals surface area (Å²) in [4.78, 5) is 13.5. The van der Waals surface area contributed by atoms with Gasteiger partial charge in [0.25, 0.3) is 0 Å². The SMILES string of the molecule is Cc1cc(-c2cnc(NCc3ccco3)nc2-c2cccnc2C)on1. The second-order valence-electron chi connectivity index (χ2n) is 5.86. The Hall–Kier alpha value is -3.48. The van der Waals surface area contributed by atoms with E-state index >= 15 is 0 Å². The average Bonchev–Trinajstić information content (AvgIpc) is 3.32. The van der Waals surface area contributed by atoms with Crippen molar-refractivity contribution < 1.29 is 8.94 Å². The largest absolute Gasteiger partial charge is 0.467 e. The van der Waals surface area contributed by atoms with Gasteiger partial charge in [0.15, 0.2) is 5.76 Å². The van der Waals surface area contributed by atoms with Crippen LogP contribution in [0.15, 0.2) is 57.9 Å². The number of aryl methyl sites for hydroxylation is 2. The number of furan rings is 1. The monoisotopic (exact) mass is 347 g/mol. The van der Waals surface area contributed by atoms with Crippen LogP contribution in [0, 0.1) is 13.8 Å². The summed E-state index contributed by atoms with van der Waals surface area (Å²) >= 11 is 0. The topological polar surface area (TPSA) is 89.9 Å². The molecule has 1 N–H and O–H groups in total. The lowest BCUT2D eigenvalue weighted by Crippen LogP contribution is -2.05. The highest BCUT2D eigenvalue weighted by atomic mass is 16.5. The predicted octanol–water partition coefficient (Wildman–Crippen LogP) is 4.02. The van der Waals surface area contributed by atoms with Crippen molar-refractivity contribution in [3.05, 3.63) is 66.1 Å². The second kappa shape index (κ2) is 6.79. The zero-order valence-electron chi connectivity index (χ0n) is 14.4. The molecule has 0 aliphatic heterocycles. The zero-order chi connectivity index (χ0) is 17.9. The lowest BCUT2D eigenvalue weighted by molar-refractivity contribution is 0.427. The third-order valence-corrected chi connectivity index (χ3v) is 3.95. The molecule has 0 radical (unpaired) electrons. The third kappa shape index (κ3) is 3.19. The van der Waals surface area contributed by atoms with Gasteiger partial charge in [-0.05, 0) is 38.1 Å². The van der Waals surface area contributed by atoms with E-state index in [4.69, 9.17) is 13.9 Å². The minimum atomic E-state index is 0.499. The first-order chi connectivity index (χ1) is 12.7. The Bertz CT molecular complexity index is 1020. The molecule has 4 rings (SSSR count). The maximum absolute atomic E-state index is 5.43. The normalized spacial score (nSPS) is 10.8. The van der Waals surface area contributed by atoms with E-state index in [1.165, 1.54) is 0 Å². The van der Waals surface area contributed by atoms with Crippen molar-refractivity contribution in [2.24, 2.45) is 0 Å². The molecule has 0 unspecified atom stereocenters. The first kappa shape index (κ1) is 16.0. The van der Waals surface area contributed by atoms with Gasteiger partial charge in [-0.2, -0.15) is 0 Å². The molecule has 0 bridgehead atoms. The van der Waals surface area contributed by atoms with Gasteiger partial charge in [0, 0.05) is 29.7 Å². The lowest BCUT2D eigenvalue weighted by atomic mass is 10.0. The number of hydrogen-bond donors (Lipinski definition) is 1. The van der Waals surface area contributed by atoms with Crippen LogP contribution in [0.4, 0.5) is 5.95 Å². The highest BCUT2D eigenvalue weighted by Crippen LogP contribution is 2.32. The van der Waals surface area contributed by atoms with Crippen molar-refractivity contribution in [2.75, 3.05) is 5.32 Å². The van der Waals surface area contributed by atoms with E-state index in [0.717, 1.165) is 34.0 Å². The van der Waals surface area contributed by atoms with E-state index in [1.807, 2.05) is 44.2 Å². The summed E-state index contributed by atoms with van der Waals surface area (Å²) in [5.41, 5.74) is 4.10. The summed E-state index contributed by atoms with van der Waals surface area (Å²) in [6.07, 6.45) is 5.13. The van der Waals surface area contributed by atoms with Crippen molar-refractivity contribution in [1.29, 1.82) is 0 Å². The molecule has 7 nitrogen and oxygen atoms in total. The molecule has 130 valence electrons. The van der Waals surface area contributed by atoms with Crippen LogP contribution in [0.2, 0.25) is 0 Å². The number of aromatic nitrogens is 4. The summed E-state index contributed by atoms with van der Waals surface area (Å²) in [5, 5.41) is 7.15. The molecule has 0 spiro atoms. The van der Waals surface area contributed by atoms with Crippen molar-refractivity contribution in [3.8, 4) is 22.6 Å². The molecule has 0 fully saturated rings. The molecule has 0 aromatic carbocycles. The molecule has 4 aromatic rings. The summed E-state index contributed by atoms with van der Waals surface area (Å²) in [5.74, 6) is 1.93. The number of hydrogen-bond acceptors (Lipinski definition) is 7. The van der Waals surface area contributed by atoms with Crippen LogP contribution < -0.4 is 5.32 Å². The summed E-state index contributed by atoms with van der Waals surface area (Å²) in [6.45, 7) is 4.32. The Morgan fingerprint density at radius 1 is 1.08 bits per heavy atom. The Labute approximate surface area is 150 Å². The van der Waals surface area contributed by atoms with Gasteiger partial charge in [-0.1, -0.05) is 5.16 Å². The molecule has 4 aromatic heterocycles. The molecule has 7 heteroatoms. The number of rotatable bonds is 5. The van der Waals surface area contributed by atoms with E-state index in [0.29, 0.717) is 18.3 Å². The number of nitrogens with zero attached hydrogens (tertiary/aromatic N) is 4. The molecular formula is C19H17N5O2. The van der Waals surface area contributed by atoms with E-state index < -0.39 is 0 Å². The zero-order valence-corrected chi connectivity index (χ0v) is 14.4. The molecule has 0 saturated carbocycles. The summed E-state index contributed by atoms with van der Waals surface area (Å²) in [6, 6.07) is 9.47. The first-order valence-corrected chi connectivity index (χ1v) is 8.19. The third-order valence-electron chi connectivity index (χ3n) is 3.95. The highest BCUT2D eigenvalue weighted by Gasteiger charge is 2.17. The van der Waals surface area contributed by atoms with Gasteiger partial charge >= 0.3 is 0 Å². The van der Waals surface area contributed by atoms with Crippen LogP contribution in [0.1, 0.15) is 17.1 Å². The Morgan fingerprint density at radius 3 is 2.73 bits per heavy atom. The minimum Gasteiger partial charge on any atom is -0.467 e. The van der Waals surface area contributed by atoms with Crippen molar-refractivity contribution in [3.63, 3.8) is 0 Å². The molecule has 0 aliphatic carbocycles. The lowest BCUT2D eigenvalue weighted by Gasteiger charge is -2.11. The maximum atomic E-state index is 5.43. The van der Waals surface area contributed by atoms with Crippen molar-refractivity contribution in [2.45, 2.75) is 20.4 Å². The van der Waals surface area contributed by atoms with E-state index in [9.17, 15) is 0 Å². The summed E-state index contributed by atoms with van der Waals surface area (Å²) in [7, 11) is 0. The molecule has 4 heterocycles. The van der Waals surface area contributed by atoms with Gasteiger partial charge in [0.05, 0.1) is 29.8 Å². The van der Waals surface area contributed by atoms with Gasteiger partial charge in [0.1, 0.15) is 5.76 Å². The van der Waals surface area contributed by atoms with Gasteiger partial charge in [-0.3, -0.25) is 4.98 Å². The van der Waals surface area contributed by atoms with Crippen LogP contribution in [-0.4, -0.2) is 20.1 Å². The van der Waals surface area contributed by atoms with E-state index in [1.54, 1.807) is 18.7 Å². The van der Waals surface area contributed by atoms with E-state index in [2.05, 4.69) is 20.4 Å². The van der Waals surface area contributed by atoms with E-state index in [-0.39, 0.29) is 0 Å². The highest BCUT2D eigenvalue weighted by molar-refractivity contribution is 5.79. The number of pyridine rings is 1. The maximum Gasteiger partial charge on any atom is 0.223 e. The molecule has 0 aliphatic rings. The summed E-state index contributed by atoms with van der Waals surface area (Å²) < 4.78 is 10.8. The fourth-order valence-corrected chi connectivity index (χ4v) is 2.66. The molecule has 0 atom stereocenters. The number of anilines is 1. The molecule has 0 saturated heterocycles. The Balaban J connectivity index is 1.76. The molecule has 0 amide bonds. The standard InChI is InChI=1S/C19H17N5O2/c1-12-9-17(26-24-12)16-11-22-19(21-10-14-5-4-8-25-14)23-18(16)15-6-3-7-20-13(15)2/h3-9,11H,10H2,1-2H3,(H,21,22,23). The van der Waals surface area contributed by atoms with Gasteiger partial charge in [-0.15, -0.1) is 0 Å². The molecule has 26 heavy (non-hydrogen) atoms. The second-order valence-corrected chi connectivity index (χ2v) is 5.86. The quantitative estimate of drug-likeness (QED) is 0.583. The van der Waals surface area contributed by atoms with Crippen molar-refractivity contribution in [1.82, 2.24) is 20.1 Å². The van der Waals surface area contributed by atoms with Crippen LogP contribution in [0.3, 0.4) is 0 Å². The Kier molecular flexibility index (Phi) is 4.18. The van der Waals surface area contributed by atoms with Crippen LogP contribution in [0.5, 0.6) is 0 Å². The van der Waals surface area contributed by atoms with Crippen LogP contribution in [-0.2, 0) is 6.54 Å². The fraction of sp³-hybridized carbons (Fsp3) is 0.158. The molecular weight excluding hydrogens is 330 g/mol. The Morgan fingerprint density at radius 2 is 2.00 bits per heavy atom.